The van der Waals surface area contributed by atoms with Crippen LogP contribution in [0.4, 0.5) is 14.5 Å². The van der Waals surface area contributed by atoms with E-state index in [2.05, 4.69) is 5.32 Å². The molecule has 0 aromatic heterocycles. The first-order valence-electron chi connectivity index (χ1n) is 7.06. The number of anilines is 1. The molecule has 114 valence electrons. The number of amides is 2. The van der Waals surface area contributed by atoms with E-state index in [4.69, 9.17) is 0 Å². The summed E-state index contributed by atoms with van der Waals surface area (Å²) in [4.78, 5) is 24.9. The summed E-state index contributed by atoms with van der Waals surface area (Å²) >= 11 is 0. The highest BCUT2D eigenvalue weighted by molar-refractivity contribution is 6.00. The number of unbranched alkanes of at least 4 members (excludes halogenated alkanes) is 1. The molecule has 0 spiro atoms. The van der Waals surface area contributed by atoms with Gasteiger partial charge in [-0.3, -0.25) is 9.59 Å². The predicted molar refractivity (Wildman–Crippen MR) is 74.7 cm³/mol. The number of nitrogens with zero attached hydrogens (tertiary/aromatic N) is 1. The van der Waals surface area contributed by atoms with Gasteiger partial charge in [0.1, 0.15) is 17.3 Å². The topological polar surface area (TPSA) is 49.4 Å². The van der Waals surface area contributed by atoms with E-state index in [0.29, 0.717) is 6.54 Å². The maximum absolute atomic E-state index is 13.7. The van der Waals surface area contributed by atoms with Gasteiger partial charge >= 0.3 is 0 Å². The summed E-state index contributed by atoms with van der Waals surface area (Å²) in [7, 11) is 0. The molecule has 21 heavy (non-hydrogen) atoms. The summed E-state index contributed by atoms with van der Waals surface area (Å²) in [6.45, 7) is 2.57. The molecule has 1 aromatic carbocycles. The molecule has 1 aliphatic heterocycles. The minimum absolute atomic E-state index is 0.00858. The quantitative estimate of drug-likeness (QED) is 0.847. The van der Waals surface area contributed by atoms with Gasteiger partial charge in [0.2, 0.25) is 11.8 Å². The minimum atomic E-state index is -0.796. The predicted octanol–water partition coefficient (Wildman–Crippen LogP) is 2.23. The molecule has 1 atom stereocenters. The second kappa shape index (κ2) is 6.65. The first kappa shape index (κ1) is 15.4. The maximum Gasteiger partial charge on any atom is 0.228 e. The molecule has 1 heterocycles. The number of carbonyl (C=O) groups excluding carboxylic acids is 2. The summed E-state index contributed by atoms with van der Waals surface area (Å²) in [5.74, 6) is -2.83. The van der Waals surface area contributed by atoms with Crippen LogP contribution in [0.5, 0.6) is 0 Å². The van der Waals surface area contributed by atoms with Gasteiger partial charge in [0, 0.05) is 19.5 Å². The SMILES string of the molecule is CCCCNC(=O)C1CC(=O)N(c2c(F)cccc2F)C1. The standard InChI is InChI=1S/C15H18F2N2O2/c1-2-3-7-18-15(21)10-8-13(20)19(9-10)14-11(16)5-4-6-12(14)17/h4-6,10H,2-3,7-9H2,1H3,(H,18,21). The third-order valence-electron chi connectivity index (χ3n) is 3.53. The Morgan fingerprint density at radius 2 is 2.05 bits per heavy atom. The van der Waals surface area contributed by atoms with Crippen molar-refractivity contribution in [1.82, 2.24) is 5.32 Å². The zero-order chi connectivity index (χ0) is 15.4. The molecule has 4 nitrogen and oxygen atoms in total. The molecule has 2 amide bonds. The van der Waals surface area contributed by atoms with Gasteiger partial charge in [-0.05, 0) is 18.6 Å². The van der Waals surface area contributed by atoms with E-state index in [1.54, 1.807) is 0 Å². The van der Waals surface area contributed by atoms with Crippen LogP contribution in [-0.4, -0.2) is 24.9 Å². The number of carbonyl (C=O) groups is 2. The van der Waals surface area contributed by atoms with E-state index in [1.807, 2.05) is 6.92 Å². The van der Waals surface area contributed by atoms with Crippen molar-refractivity contribution in [3.63, 3.8) is 0 Å². The largest absolute Gasteiger partial charge is 0.356 e. The molecule has 1 N–H and O–H groups in total. The van der Waals surface area contributed by atoms with Gasteiger partial charge < -0.3 is 10.2 Å². The summed E-state index contributed by atoms with van der Waals surface area (Å²) in [5, 5.41) is 2.74. The summed E-state index contributed by atoms with van der Waals surface area (Å²) < 4.78 is 27.4. The number of benzene rings is 1. The Hall–Kier alpha value is -1.98. The lowest BCUT2D eigenvalue weighted by Crippen LogP contribution is -2.33. The highest BCUT2D eigenvalue weighted by atomic mass is 19.1. The normalized spacial score (nSPS) is 18.1. The van der Waals surface area contributed by atoms with E-state index in [-0.39, 0.29) is 24.6 Å². The monoisotopic (exact) mass is 296 g/mol. The zero-order valence-electron chi connectivity index (χ0n) is 11.9. The molecule has 0 saturated carbocycles. The lowest BCUT2D eigenvalue weighted by atomic mass is 10.1. The fourth-order valence-corrected chi connectivity index (χ4v) is 2.38. The molecule has 1 aliphatic rings. The van der Waals surface area contributed by atoms with Crippen LogP contribution in [0.3, 0.4) is 0 Å². The van der Waals surface area contributed by atoms with E-state index in [1.165, 1.54) is 6.07 Å². The fraction of sp³-hybridized carbons (Fsp3) is 0.467. The van der Waals surface area contributed by atoms with E-state index >= 15 is 0 Å². The first-order valence-corrected chi connectivity index (χ1v) is 7.06. The van der Waals surface area contributed by atoms with Gasteiger partial charge in [-0.2, -0.15) is 0 Å². The second-order valence-electron chi connectivity index (χ2n) is 5.12. The Morgan fingerprint density at radius 3 is 2.67 bits per heavy atom. The molecule has 1 fully saturated rings. The molecule has 1 aromatic rings. The van der Waals surface area contributed by atoms with Crippen LogP contribution in [0.1, 0.15) is 26.2 Å². The zero-order valence-corrected chi connectivity index (χ0v) is 11.9. The highest BCUT2D eigenvalue weighted by Gasteiger charge is 2.37. The first-order chi connectivity index (χ1) is 10.0. The molecule has 0 bridgehead atoms. The van der Waals surface area contributed by atoms with Gasteiger partial charge in [-0.1, -0.05) is 19.4 Å². The van der Waals surface area contributed by atoms with E-state index in [0.717, 1.165) is 29.9 Å². The van der Waals surface area contributed by atoms with Crippen LogP contribution in [0.2, 0.25) is 0 Å². The second-order valence-corrected chi connectivity index (χ2v) is 5.12. The molecule has 2 rings (SSSR count). The van der Waals surface area contributed by atoms with Crippen LogP contribution in [0.15, 0.2) is 18.2 Å². The third-order valence-corrected chi connectivity index (χ3v) is 3.53. The van der Waals surface area contributed by atoms with Crippen molar-refractivity contribution < 1.29 is 18.4 Å². The number of nitrogens with one attached hydrogen (secondary N) is 1. The van der Waals surface area contributed by atoms with Gasteiger partial charge in [0.05, 0.1) is 5.92 Å². The molecule has 1 unspecified atom stereocenters. The van der Waals surface area contributed by atoms with Crippen LogP contribution in [-0.2, 0) is 9.59 Å². The van der Waals surface area contributed by atoms with Crippen LogP contribution < -0.4 is 10.2 Å². The third kappa shape index (κ3) is 3.37. The average Bonchev–Trinajstić information content (AvgIpc) is 2.81. The smallest absolute Gasteiger partial charge is 0.228 e. The molecule has 0 radical (unpaired) electrons. The van der Waals surface area contributed by atoms with Crippen molar-refractivity contribution in [3.05, 3.63) is 29.8 Å². The van der Waals surface area contributed by atoms with Crippen LogP contribution in [0, 0.1) is 17.6 Å². The van der Waals surface area contributed by atoms with E-state index in [9.17, 15) is 18.4 Å². The highest BCUT2D eigenvalue weighted by Crippen LogP contribution is 2.29. The minimum Gasteiger partial charge on any atom is -0.356 e. The Morgan fingerprint density at radius 1 is 1.38 bits per heavy atom. The van der Waals surface area contributed by atoms with Gasteiger partial charge in [0.15, 0.2) is 0 Å². The van der Waals surface area contributed by atoms with Crippen molar-refractivity contribution >= 4 is 17.5 Å². The van der Waals surface area contributed by atoms with Crippen LogP contribution >= 0.6 is 0 Å². The molecule has 1 saturated heterocycles. The van der Waals surface area contributed by atoms with Gasteiger partial charge in [-0.15, -0.1) is 0 Å². The van der Waals surface area contributed by atoms with E-state index < -0.39 is 23.5 Å². The molecule has 0 aliphatic carbocycles. The Labute approximate surface area is 122 Å². The summed E-state index contributed by atoms with van der Waals surface area (Å²) in [6.07, 6.45) is 1.79. The van der Waals surface area contributed by atoms with Gasteiger partial charge in [-0.25, -0.2) is 8.78 Å². The Balaban J connectivity index is 2.08. The molecular weight excluding hydrogens is 278 g/mol. The van der Waals surface area contributed by atoms with Crippen LogP contribution in [0.25, 0.3) is 0 Å². The van der Waals surface area contributed by atoms with Crippen molar-refractivity contribution in [2.24, 2.45) is 5.92 Å². The van der Waals surface area contributed by atoms with Crippen molar-refractivity contribution in [3.8, 4) is 0 Å². The number of hydrogen-bond donors (Lipinski definition) is 1. The number of hydrogen-bond acceptors (Lipinski definition) is 2. The van der Waals surface area contributed by atoms with Crippen molar-refractivity contribution in [2.75, 3.05) is 18.0 Å². The summed E-state index contributed by atoms with van der Waals surface area (Å²) in [6, 6.07) is 3.43. The molecule has 6 heteroatoms. The fourth-order valence-electron chi connectivity index (χ4n) is 2.38. The Bertz CT molecular complexity index is 528. The Kier molecular flexibility index (Phi) is 4.88. The summed E-state index contributed by atoms with van der Waals surface area (Å²) in [5.41, 5.74) is -0.369. The number of para-hydroxylation sites is 1. The van der Waals surface area contributed by atoms with Crippen molar-refractivity contribution in [1.29, 1.82) is 0 Å². The van der Waals surface area contributed by atoms with Gasteiger partial charge in [0.25, 0.3) is 0 Å². The average molecular weight is 296 g/mol. The molecular formula is C15H18F2N2O2. The lowest BCUT2D eigenvalue weighted by Gasteiger charge is -2.18. The number of rotatable bonds is 5. The number of halogens is 2. The van der Waals surface area contributed by atoms with Crippen molar-refractivity contribution in [2.45, 2.75) is 26.2 Å². The lowest BCUT2D eigenvalue weighted by molar-refractivity contribution is -0.126. The maximum atomic E-state index is 13.7.